The Morgan fingerprint density at radius 1 is 1.40 bits per heavy atom. The minimum atomic E-state index is -0.390. The topological polar surface area (TPSA) is 64.9 Å². The van der Waals surface area contributed by atoms with E-state index in [1.807, 2.05) is 27.7 Å². The molecule has 0 saturated heterocycles. The van der Waals surface area contributed by atoms with Gasteiger partial charge < -0.3 is 5.32 Å². The Bertz CT molecular complexity index is 232. The molecule has 4 heteroatoms. The highest BCUT2D eigenvalue weighted by Gasteiger charge is 2.14. The molecule has 2 atom stereocenters. The second kappa shape index (κ2) is 7.24. The van der Waals surface area contributed by atoms with Crippen LogP contribution in [-0.2, 0) is 4.79 Å². The maximum atomic E-state index is 11.4. The molecule has 0 aromatic heterocycles. The molecule has 0 heterocycles. The van der Waals surface area contributed by atoms with Gasteiger partial charge in [0.25, 0.3) is 0 Å². The van der Waals surface area contributed by atoms with Gasteiger partial charge >= 0.3 is 0 Å². The molecule has 0 aliphatic carbocycles. The Hall–Kier alpha value is -1.08. The van der Waals surface area contributed by atoms with Crippen LogP contribution in [0.15, 0.2) is 0 Å². The molecule has 0 bridgehead atoms. The van der Waals surface area contributed by atoms with Gasteiger partial charge in [0.2, 0.25) is 5.91 Å². The first kappa shape index (κ1) is 13.9. The Morgan fingerprint density at radius 2 is 2.00 bits per heavy atom. The summed E-state index contributed by atoms with van der Waals surface area (Å²) < 4.78 is 0. The minimum Gasteiger partial charge on any atom is -0.354 e. The van der Waals surface area contributed by atoms with Crippen LogP contribution in [0.3, 0.4) is 0 Å². The van der Waals surface area contributed by atoms with Crippen LogP contribution in [0.4, 0.5) is 0 Å². The smallest absolute Gasteiger partial charge is 0.222 e. The monoisotopic (exact) mass is 211 g/mol. The summed E-state index contributed by atoms with van der Waals surface area (Å²) in [5.74, 6) is -0.0765. The highest BCUT2D eigenvalue weighted by atomic mass is 16.1. The summed E-state index contributed by atoms with van der Waals surface area (Å²) in [6.45, 7) is 7.85. The number of amides is 1. The summed E-state index contributed by atoms with van der Waals surface area (Å²) in [4.78, 5) is 11.4. The summed E-state index contributed by atoms with van der Waals surface area (Å²) in [6.07, 6.45) is 1.17. The van der Waals surface area contributed by atoms with E-state index in [1.165, 1.54) is 0 Å². The Morgan fingerprint density at radius 3 is 2.40 bits per heavy atom. The number of nitrogens with zero attached hydrogens (tertiary/aromatic N) is 1. The second-order valence-corrected chi connectivity index (χ2v) is 4.08. The summed E-state index contributed by atoms with van der Waals surface area (Å²) >= 11 is 0. The molecule has 15 heavy (non-hydrogen) atoms. The van der Waals surface area contributed by atoms with Crippen LogP contribution in [0.2, 0.25) is 0 Å². The molecule has 86 valence electrons. The molecule has 0 aliphatic rings. The molecule has 0 saturated carbocycles. The van der Waals surface area contributed by atoms with Crippen molar-refractivity contribution < 1.29 is 4.79 Å². The van der Waals surface area contributed by atoms with Crippen LogP contribution in [0.25, 0.3) is 0 Å². The van der Waals surface area contributed by atoms with Crippen molar-refractivity contribution in [3.63, 3.8) is 0 Å². The Kier molecular flexibility index (Phi) is 6.72. The summed E-state index contributed by atoms with van der Waals surface area (Å²) in [7, 11) is 0. The SMILES string of the molecule is CCC(C)NC(C#N)CC(=O)NC(C)C. The molecule has 4 nitrogen and oxygen atoms in total. The molecule has 1 amide bonds. The third-order valence-corrected chi connectivity index (χ3v) is 2.09. The van der Waals surface area contributed by atoms with E-state index in [4.69, 9.17) is 5.26 Å². The van der Waals surface area contributed by atoms with Crippen molar-refractivity contribution >= 4 is 5.91 Å². The number of carbonyl (C=O) groups is 1. The van der Waals surface area contributed by atoms with Gasteiger partial charge in [-0.05, 0) is 27.2 Å². The van der Waals surface area contributed by atoms with E-state index in [2.05, 4.69) is 16.7 Å². The van der Waals surface area contributed by atoms with Gasteiger partial charge in [0, 0.05) is 12.1 Å². The lowest BCUT2D eigenvalue weighted by Crippen LogP contribution is -2.40. The van der Waals surface area contributed by atoms with E-state index < -0.39 is 6.04 Å². The van der Waals surface area contributed by atoms with Crippen molar-refractivity contribution in [1.82, 2.24) is 10.6 Å². The molecule has 0 aliphatic heterocycles. The van der Waals surface area contributed by atoms with E-state index in [1.54, 1.807) is 0 Å². The highest BCUT2D eigenvalue weighted by molar-refractivity contribution is 5.77. The standard InChI is InChI=1S/C11H21N3O/c1-5-9(4)14-10(7-12)6-11(15)13-8(2)3/h8-10,14H,5-6H2,1-4H3,(H,13,15). The predicted octanol–water partition coefficient (Wildman–Crippen LogP) is 1.18. The highest BCUT2D eigenvalue weighted by Crippen LogP contribution is 1.96. The molecule has 0 aromatic carbocycles. The molecule has 0 radical (unpaired) electrons. The van der Waals surface area contributed by atoms with E-state index in [0.717, 1.165) is 6.42 Å². The second-order valence-electron chi connectivity index (χ2n) is 4.08. The number of nitriles is 1. The van der Waals surface area contributed by atoms with Crippen molar-refractivity contribution in [1.29, 1.82) is 5.26 Å². The minimum absolute atomic E-state index is 0.0765. The third-order valence-electron chi connectivity index (χ3n) is 2.09. The third kappa shape index (κ3) is 6.92. The van der Waals surface area contributed by atoms with Crippen molar-refractivity contribution in [2.75, 3.05) is 0 Å². The number of carbonyl (C=O) groups excluding carboxylic acids is 1. The predicted molar refractivity (Wildman–Crippen MR) is 60.2 cm³/mol. The van der Waals surface area contributed by atoms with E-state index in [9.17, 15) is 4.79 Å². The van der Waals surface area contributed by atoms with Gasteiger partial charge in [-0.15, -0.1) is 0 Å². The molecule has 0 aromatic rings. The van der Waals surface area contributed by atoms with Crippen LogP contribution in [0, 0.1) is 11.3 Å². The first-order valence-electron chi connectivity index (χ1n) is 5.44. The van der Waals surface area contributed by atoms with Crippen LogP contribution in [0.1, 0.15) is 40.5 Å². The largest absolute Gasteiger partial charge is 0.354 e. The van der Waals surface area contributed by atoms with Crippen LogP contribution in [-0.4, -0.2) is 24.0 Å². The lowest BCUT2D eigenvalue weighted by atomic mass is 10.1. The summed E-state index contributed by atoms with van der Waals surface area (Å²) in [6, 6.07) is 2.10. The lowest BCUT2D eigenvalue weighted by molar-refractivity contribution is -0.121. The van der Waals surface area contributed by atoms with Gasteiger partial charge in [0.1, 0.15) is 6.04 Å². The van der Waals surface area contributed by atoms with Crippen molar-refractivity contribution in [2.24, 2.45) is 0 Å². The lowest BCUT2D eigenvalue weighted by Gasteiger charge is -2.17. The Balaban J connectivity index is 4.00. The van der Waals surface area contributed by atoms with E-state index in [0.29, 0.717) is 0 Å². The van der Waals surface area contributed by atoms with Crippen LogP contribution in [0.5, 0.6) is 0 Å². The fourth-order valence-corrected chi connectivity index (χ4v) is 1.17. The van der Waals surface area contributed by atoms with Gasteiger partial charge in [-0.25, -0.2) is 0 Å². The van der Waals surface area contributed by atoms with Gasteiger partial charge in [-0.1, -0.05) is 6.92 Å². The first-order valence-corrected chi connectivity index (χ1v) is 5.44. The zero-order valence-corrected chi connectivity index (χ0v) is 10.0. The maximum Gasteiger partial charge on any atom is 0.222 e. The molecule has 0 rings (SSSR count). The molecule has 2 unspecified atom stereocenters. The average Bonchev–Trinajstić information content (AvgIpc) is 2.15. The van der Waals surface area contributed by atoms with Crippen LogP contribution >= 0.6 is 0 Å². The van der Waals surface area contributed by atoms with Gasteiger partial charge in [-0.3, -0.25) is 10.1 Å². The zero-order valence-electron chi connectivity index (χ0n) is 10.0. The van der Waals surface area contributed by atoms with Crippen LogP contribution < -0.4 is 10.6 Å². The molecule has 2 N–H and O–H groups in total. The molecule has 0 fully saturated rings. The number of hydrogen-bond acceptors (Lipinski definition) is 3. The van der Waals surface area contributed by atoms with Crippen molar-refractivity contribution in [3.8, 4) is 6.07 Å². The normalized spacial score (nSPS) is 14.4. The van der Waals surface area contributed by atoms with E-state index >= 15 is 0 Å². The Labute approximate surface area is 92.0 Å². The van der Waals surface area contributed by atoms with E-state index in [-0.39, 0.29) is 24.4 Å². The first-order chi connectivity index (χ1) is 6.99. The fourth-order valence-electron chi connectivity index (χ4n) is 1.17. The summed E-state index contributed by atoms with van der Waals surface area (Å²) in [5, 5.41) is 14.7. The van der Waals surface area contributed by atoms with Gasteiger partial charge in [0.05, 0.1) is 12.5 Å². The van der Waals surface area contributed by atoms with Gasteiger partial charge in [0.15, 0.2) is 0 Å². The molecule has 0 spiro atoms. The fraction of sp³-hybridized carbons (Fsp3) is 0.818. The quantitative estimate of drug-likeness (QED) is 0.693. The summed E-state index contributed by atoms with van der Waals surface area (Å²) in [5.41, 5.74) is 0. The number of nitrogens with one attached hydrogen (secondary N) is 2. The zero-order chi connectivity index (χ0) is 11.8. The van der Waals surface area contributed by atoms with Crippen molar-refractivity contribution in [3.05, 3.63) is 0 Å². The van der Waals surface area contributed by atoms with Crippen molar-refractivity contribution in [2.45, 2.75) is 58.7 Å². The average molecular weight is 211 g/mol. The van der Waals surface area contributed by atoms with Gasteiger partial charge in [-0.2, -0.15) is 5.26 Å². The number of hydrogen-bond donors (Lipinski definition) is 2. The molecular weight excluding hydrogens is 190 g/mol. The molecular formula is C11H21N3O. The maximum absolute atomic E-state index is 11.4. The number of rotatable bonds is 6.